The third kappa shape index (κ3) is 2.95. The summed E-state index contributed by atoms with van der Waals surface area (Å²) >= 11 is 2.59. The predicted octanol–water partition coefficient (Wildman–Crippen LogP) is 2.38. The molecule has 0 radical (unpaired) electrons. The van der Waals surface area contributed by atoms with Gasteiger partial charge in [0.2, 0.25) is 0 Å². The van der Waals surface area contributed by atoms with Crippen molar-refractivity contribution in [2.45, 2.75) is 6.92 Å². The van der Waals surface area contributed by atoms with Crippen LogP contribution in [0.3, 0.4) is 0 Å². The number of hydrogen-bond donors (Lipinski definition) is 0. The number of thiazole rings is 1. The summed E-state index contributed by atoms with van der Waals surface area (Å²) in [5.41, 5.74) is 1.40. The average Bonchev–Trinajstić information content (AvgIpc) is 3.16. The Morgan fingerprint density at radius 1 is 1.27 bits per heavy atom. The van der Waals surface area contributed by atoms with Crippen molar-refractivity contribution in [2.75, 3.05) is 31.1 Å². The summed E-state index contributed by atoms with van der Waals surface area (Å²) in [4.78, 5) is 30.9. The van der Waals surface area contributed by atoms with Crippen LogP contribution in [0, 0.1) is 17.0 Å². The van der Waals surface area contributed by atoms with Crippen LogP contribution in [0.2, 0.25) is 0 Å². The van der Waals surface area contributed by atoms with Crippen LogP contribution in [-0.2, 0) is 0 Å². The molecule has 0 aromatic carbocycles. The number of anilines is 1. The van der Waals surface area contributed by atoms with E-state index in [1.165, 1.54) is 6.07 Å². The van der Waals surface area contributed by atoms with E-state index < -0.39 is 4.92 Å². The number of aromatic nitrogens is 1. The number of hydrogen-bond acceptors (Lipinski definition) is 7. The number of aryl methyl sites for hydroxylation is 1. The second kappa shape index (κ2) is 6.01. The van der Waals surface area contributed by atoms with Crippen molar-refractivity contribution >= 4 is 38.7 Å². The molecule has 3 heterocycles. The maximum Gasteiger partial charge on any atom is 0.324 e. The maximum absolute atomic E-state index is 12.4. The number of piperazine rings is 1. The highest BCUT2D eigenvalue weighted by molar-refractivity contribution is 7.14. The molecule has 0 saturated carbocycles. The van der Waals surface area contributed by atoms with E-state index in [2.05, 4.69) is 9.88 Å². The fraction of sp³-hybridized carbons (Fsp3) is 0.385. The summed E-state index contributed by atoms with van der Waals surface area (Å²) < 4.78 is 0. The Labute approximate surface area is 135 Å². The van der Waals surface area contributed by atoms with E-state index in [0.29, 0.717) is 18.7 Å². The molecule has 0 N–H and O–H groups in total. The van der Waals surface area contributed by atoms with E-state index in [4.69, 9.17) is 0 Å². The third-order valence-corrected chi connectivity index (χ3v) is 5.36. The molecule has 1 saturated heterocycles. The van der Waals surface area contributed by atoms with Crippen LogP contribution in [0.4, 0.5) is 10.1 Å². The van der Waals surface area contributed by atoms with Crippen molar-refractivity contribution in [2.24, 2.45) is 0 Å². The normalized spacial score (nSPS) is 15.1. The molecule has 3 rings (SSSR count). The van der Waals surface area contributed by atoms with Crippen LogP contribution >= 0.6 is 22.7 Å². The molecule has 1 aliphatic heterocycles. The highest BCUT2D eigenvalue weighted by Crippen LogP contribution is 2.25. The molecular weight excluding hydrogens is 324 g/mol. The van der Waals surface area contributed by atoms with E-state index in [9.17, 15) is 14.9 Å². The van der Waals surface area contributed by atoms with Crippen LogP contribution in [0.1, 0.15) is 16.1 Å². The Hall–Kier alpha value is -2.00. The minimum atomic E-state index is -0.468. The molecule has 0 spiro atoms. The fourth-order valence-corrected chi connectivity index (χ4v) is 3.86. The molecule has 1 aliphatic rings. The largest absolute Gasteiger partial charge is 0.345 e. The van der Waals surface area contributed by atoms with E-state index >= 15 is 0 Å². The van der Waals surface area contributed by atoms with E-state index in [-0.39, 0.29) is 10.9 Å². The van der Waals surface area contributed by atoms with Crippen molar-refractivity contribution in [3.8, 4) is 0 Å². The Morgan fingerprint density at radius 2 is 2.00 bits per heavy atom. The third-order valence-electron chi connectivity index (χ3n) is 3.46. The van der Waals surface area contributed by atoms with Crippen LogP contribution in [0.15, 0.2) is 16.8 Å². The first-order valence-corrected chi connectivity index (χ1v) is 8.50. The van der Waals surface area contributed by atoms with Crippen LogP contribution in [0.5, 0.6) is 0 Å². The minimum Gasteiger partial charge on any atom is -0.345 e. The van der Waals surface area contributed by atoms with E-state index in [1.54, 1.807) is 21.6 Å². The molecule has 1 amide bonds. The van der Waals surface area contributed by atoms with E-state index in [1.807, 2.05) is 12.3 Å². The Bertz CT molecular complexity index is 704. The summed E-state index contributed by atoms with van der Waals surface area (Å²) in [5, 5.41) is 15.2. The zero-order valence-corrected chi connectivity index (χ0v) is 13.5. The highest BCUT2D eigenvalue weighted by Gasteiger charge is 2.25. The zero-order valence-electron chi connectivity index (χ0n) is 11.9. The van der Waals surface area contributed by atoms with Crippen molar-refractivity contribution in [3.05, 3.63) is 38.2 Å². The number of carbonyl (C=O) groups is 1. The van der Waals surface area contributed by atoms with Crippen molar-refractivity contribution < 1.29 is 9.72 Å². The second-order valence-electron chi connectivity index (χ2n) is 4.98. The van der Waals surface area contributed by atoms with Crippen molar-refractivity contribution in [1.29, 1.82) is 0 Å². The van der Waals surface area contributed by atoms with Gasteiger partial charge in [-0.3, -0.25) is 14.9 Å². The Balaban J connectivity index is 1.63. The summed E-state index contributed by atoms with van der Waals surface area (Å²) in [6.45, 7) is 4.61. The lowest BCUT2D eigenvalue weighted by Gasteiger charge is -2.34. The van der Waals surface area contributed by atoms with Crippen LogP contribution in [-0.4, -0.2) is 46.9 Å². The smallest absolute Gasteiger partial charge is 0.324 e. The molecule has 1 fully saturated rings. The molecule has 2 aromatic heterocycles. The van der Waals surface area contributed by atoms with Gasteiger partial charge in [-0.2, -0.15) is 0 Å². The topological polar surface area (TPSA) is 79.6 Å². The molecule has 0 unspecified atom stereocenters. The summed E-state index contributed by atoms with van der Waals surface area (Å²) in [7, 11) is 0. The first-order chi connectivity index (χ1) is 10.5. The summed E-state index contributed by atoms with van der Waals surface area (Å²) in [6, 6.07) is 1.35. The summed E-state index contributed by atoms with van der Waals surface area (Å²) in [6.07, 6.45) is 0. The van der Waals surface area contributed by atoms with Gasteiger partial charge in [-0.25, -0.2) is 4.98 Å². The number of nitro groups is 1. The minimum absolute atomic E-state index is 0.000228. The van der Waals surface area contributed by atoms with Gasteiger partial charge in [0, 0.05) is 43.0 Å². The number of nitrogens with zero attached hydrogens (tertiary/aromatic N) is 4. The van der Waals surface area contributed by atoms with Gasteiger partial charge in [0.05, 0.1) is 16.2 Å². The molecule has 22 heavy (non-hydrogen) atoms. The van der Waals surface area contributed by atoms with Gasteiger partial charge in [-0.15, -0.1) is 11.3 Å². The van der Waals surface area contributed by atoms with Gasteiger partial charge in [-0.1, -0.05) is 11.3 Å². The SMILES string of the molecule is Cc1csc(N2CCN(C(=O)c3csc([N+](=O)[O-])c3)CC2)n1. The number of rotatable bonds is 3. The molecule has 116 valence electrons. The first kappa shape index (κ1) is 14.9. The molecule has 2 aromatic rings. The molecule has 0 atom stereocenters. The van der Waals surface area contributed by atoms with Gasteiger partial charge in [0.15, 0.2) is 5.13 Å². The quantitative estimate of drug-likeness (QED) is 0.634. The van der Waals surface area contributed by atoms with Crippen molar-refractivity contribution in [3.63, 3.8) is 0 Å². The summed E-state index contributed by atoms with van der Waals surface area (Å²) in [5.74, 6) is -0.140. The number of amides is 1. The molecular formula is C13H14N4O3S2. The number of thiophene rings is 1. The van der Waals surface area contributed by atoms with Crippen LogP contribution < -0.4 is 4.90 Å². The van der Waals surface area contributed by atoms with Gasteiger partial charge in [0.25, 0.3) is 5.91 Å². The van der Waals surface area contributed by atoms with Gasteiger partial charge >= 0.3 is 5.00 Å². The molecule has 0 bridgehead atoms. The lowest BCUT2D eigenvalue weighted by atomic mass is 10.2. The monoisotopic (exact) mass is 338 g/mol. The molecule has 0 aliphatic carbocycles. The van der Waals surface area contributed by atoms with Gasteiger partial charge in [-0.05, 0) is 6.92 Å². The number of carbonyl (C=O) groups excluding carboxylic acids is 1. The maximum atomic E-state index is 12.4. The molecule has 7 nitrogen and oxygen atoms in total. The van der Waals surface area contributed by atoms with Crippen LogP contribution in [0.25, 0.3) is 0 Å². The second-order valence-corrected chi connectivity index (χ2v) is 6.71. The first-order valence-electron chi connectivity index (χ1n) is 6.74. The lowest BCUT2D eigenvalue weighted by Crippen LogP contribution is -2.48. The van der Waals surface area contributed by atoms with E-state index in [0.717, 1.165) is 35.3 Å². The predicted molar refractivity (Wildman–Crippen MR) is 85.9 cm³/mol. The molecule has 9 heteroatoms. The Kier molecular flexibility index (Phi) is 4.08. The highest BCUT2D eigenvalue weighted by atomic mass is 32.1. The average molecular weight is 338 g/mol. The lowest BCUT2D eigenvalue weighted by molar-refractivity contribution is -0.380. The van der Waals surface area contributed by atoms with Gasteiger partial charge in [0.1, 0.15) is 0 Å². The zero-order chi connectivity index (χ0) is 15.7. The standard InChI is InChI=1S/C13H14N4O3S2/c1-9-7-22-13(14-9)16-4-2-15(3-5-16)12(18)10-6-11(17(19)20)21-8-10/h6-8H,2-5H2,1H3. The Morgan fingerprint density at radius 3 is 2.55 bits per heavy atom. The van der Waals surface area contributed by atoms with Gasteiger partial charge < -0.3 is 9.80 Å². The fourth-order valence-electron chi connectivity index (χ4n) is 2.30. The van der Waals surface area contributed by atoms with Crippen molar-refractivity contribution in [1.82, 2.24) is 9.88 Å².